The van der Waals surface area contributed by atoms with Crippen LogP contribution in [0.15, 0.2) is 59.9 Å². The summed E-state index contributed by atoms with van der Waals surface area (Å²) < 4.78 is 25.1. The molecule has 30 heavy (non-hydrogen) atoms. The Hall–Kier alpha value is -4.06. The van der Waals surface area contributed by atoms with Crippen LogP contribution in [0.25, 0.3) is 21.3 Å². The van der Waals surface area contributed by atoms with Crippen molar-refractivity contribution in [3.8, 4) is 6.07 Å². The second kappa shape index (κ2) is 9.43. The van der Waals surface area contributed by atoms with Gasteiger partial charge in [-0.25, -0.2) is 8.42 Å². The maximum atomic E-state index is 11.4. The fourth-order valence-corrected chi connectivity index (χ4v) is 3.22. The van der Waals surface area contributed by atoms with Gasteiger partial charge in [-0.1, -0.05) is 24.3 Å². The lowest BCUT2D eigenvalue weighted by Crippen LogP contribution is -2.09. The molecule has 0 heterocycles. The summed E-state index contributed by atoms with van der Waals surface area (Å²) in [5.74, 6) is -0.239. The molecule has 8 heteroatoms. The summed E-state index contributed by atoms with van der Waals surface area (Å²) in [6.07, 6.45) is 2.66. The molecule has 7 nitrogen and oxygen atoms in total. The topological polar surface area (TPSA) is 81.9 Å². The minimum Gasteiger partial charge on any atom is -0.378 e. The predicted molar refractivity (Wildman–Crippen MR) is 119 cm³/mol. The van der Waals surface area contributed by atoms with Crippen molar-refractivity contribution in [3.63, 3.8) is 0 Å². The van der Waals surface area contributed by atoms with Crippen LogP contribution in [0, 0.1) is 24.5 Å². The Morgan fingerprint density at radius 3 is 2.07 bits per heavy atom. The highest BCUT2D eigenvalue weighted by molar-refractivity contribution is 7.92. The van der Waals surface area contributed by atoms with Crippen molar-refractivity contribution in [1.29, 1.82) is 5.26 Å². The van der Waals surface area contributed by atoms with Gasteiger partial charge < -0.3 is 4.90 Å². The van der Waals surface area contributed by atoms with Crippen LogP contribution < -0.4 is 9.62 Å². The third-order valence-electron chi connectivity index (χ3n) is 4.02. The molecule has 0 fully saturated rings. The van der Waals surface area contributed by atoms with E-state index in [-0.39, 0.29) is 17.0 Å². The standard InChI is InChI=1S/C22H19N5O2S/c1-24-22(25-2)21(17-8-10-19(11-9-17)26-30(5,28)29)18(15-23)14-16-6-12-20(13-7-16)27(3)4/h6-14,26H,3-5H3. The van der Waals surface area contributed by atoms with Crippen molar-refractivity contribution in [2.75, 3.05) is 30.0 Å². The van der Waals surface area contributed by atoms with Crippen LogP contribution in [0.5, 0.6) is 0 Å². The number of anilines is 2. The molecule has 0 radical (unpaired) electrons. The molecule has 0 aromatic heterocycles. The minimum absolute atomic E-state index is 0.165. The van der Waals surface area contributed by atoms with E-state index in [1.165, 1.54) is 12.1 Å². The molecule has 0 aliphatic heterocycles. The highest BCUT2D eigenvalue weighted by atomic mass is 32.2. The fraction of sp³-hybridized carbons (Fsp3) is 0.136. The van der Waals surface area contributed by atoms with Crippen molar-refractivity contribution in [2.45, 2.75) is 0 Å². The largest absolute Gasteiger partial charge is 0.528 e. The summed E-state index contributed by atoms with van der Waals surface area (Å²) in [6, 6.07) is 15.8. The zero-order chi connectivity index (χ0) is 22.3. The Morgan fingerprint density at radius 1 is 1.07 bits per heavy atom. The molecule has 0 unspecified atom stereocenters. The van der Waals surface area contributed by atoms with Crippen LogP contribution >= 0.6 is 0 Å². The van der Waals surface area contributed by atoms with E-state index in [1.54, 1.807) is 18.2 Å². The van der Waals surface area contributed by atoms with E-state index < -0.39 is 10.0 Å². The first kappa shape index (κ1) is 22.2. The quantitative estimate of drug-likeness (QED) is 0.433. The number of allylic oxidation sites excluding steroid dienone is 2. The lowest BCUT2D eigenvalue weighted by Gasteiger charge is -2.12. The molecule has 150 valence electrons. The van der Waals surface area contributed by atoms with Crippen LogP contribution in [-0.2, 0) is 10.0 Å². The molecule has 1 N–H and O–H groups in total. The number of hydrogen-bond acceptors (Lipinski definition) is 4. The summed E-state index contributed by atoms with van der Waals surface area (Å²) in [6.45, 7) is 14.7. The molecular weight excluding hydrogens is 398 g/mol. The minimum atomic E-state index is -3.43. The van der Waals surface area contributed by atoms with Gasteiger partial charge in [-0.15, -0.1) is 0 Å². The van der Waals surface area contributed by atoms with Crippen LogP contribution in [0.2, 0.25) is 0 Å². The van der Waals surface area contributed by atoms with Gasteiger partial charge in [0.25, 0.3) is 0 Å². The van der Waals surface area contributed by atoms with E-state index in [9.17, 15) is 13.7 Å². The normalized spacial score (nSPS) is 10.9. The van der Waals surface area contributed by atoms with Gasteiger partial charge in [-0.3, -0.25) is 4.72 Å². The van der Waals surface area contributed by atoms with Crippen LogP contribution in [0.3, 0.4) is 0 Å². The van der Waals surface area contributed by atoms with Gasteiger partial charge in [-0.05, 0) is 41.5 Å². The van der Waals surface area contributed by atoms with Gasteiger partial charge in [-0.2, -0.15) is 15.0 Å². The first-order chi connectivity index (χ1) is 14.2. The average Bonchev–Trinajstić information content (AvgIpc) is 2.70. The van der Waals surface area contributed by atoms with Gasteiger partial charge in [0.15, 0.2) is 0 Å². The Morgan fingerprint density at radius 2 is 1.63 bits per heavy atom. The predicted octanol–water partition coefficient (Wildman–Crippen LogP) is 4.24. The van der Waals surface area contributed by atoms with E-state index in [4.69, 9.17) is 13.1 Å². The highest BCUT2D eigenvalue weighted by Crippen LogP contribution is 2.31. The van der Waals surface area contributed by atoms with Gasteiger partial charge >= 0.3 is 5.82 Å². The monoisotopic (exact) mass is 417 g/mol. The van der Waals surface area contributed by atoms with Crippen LogP contribution in [0.1, 0.15) is 11.1 Å². The average molecular weight is 417 g/mol. The van der Waals surface area contributed by atoms with E-state index in [2.05, 4.69) is 20.5 Å². The van der Waals surface area contributed by atoms with E-state index in [1.807, 2.05) is 43.3 Å². The maximum absolute atomic E-state index is 11.4. The summed E-state index contributed by atoms with van der Waals surface area (Å²) in [7, 11) is 0.413. The summed E-state index contributed by atoms with van der Waals surface area (Å²) in [5.41, 5.74) is 2.92. The van der Waals surface area contributed by atoms with Gasteiger partial charge in [0.1, 0.15) is 13.1 Å². The molecule has 2 aromatic carbocycles. The van der Waals surface area contributed by atoms with Crippen molar-refractivity contribution >= 4 is 33.0 Å². The maximum Gasteiger partial charge on any atom is 0.528 e. The number of rotatable bonds is 6. The molecule has 2 rings (SSSR count). The number of benzene rings is 2. The van der Waals surface area contributed by atoms with Gasteiger partial charge in [0.2, 0.25) is 10.0 Å². The number of nitriles is 1. The molecule has 0 bridgehead atoms. The number of nitrogens with one attached hydrogen (secondary N) is 1. The van der Waals surface area contributed by atoms with E-state index in [0.29, 0.717) is 11.3 Å². The van der Waals surface area contributed by atoms with Crippen molar-refractivity contribution < 1.29 is 8.42 Å². The molecule has 2 aromatic rings. The molecule has 0 aliphatic carbocycles. The second-order valence-electron chi connectivity index (χ2n) is 6.53. The van der Waals surface area contributed by atoms with E-state index >= 15 is 0 Å². The first-order valence-electron chi connectivity index (χ1n) is 8.65. The lowest BCUT2D eigenvalue weighted by molar-refractivity contribution is 0.607. The summed E-state index contributed by atoms with van der Waals surface area (Å²) >= 11 is 0. The SMILES string of the molecule is [C-]#[N+]C([N+]#[C-])=C(C(C#N)=Cc1ccc(N(C)C)cc1)c1ccc(NS(C)(=O)=O)cc1. The van der Waals surface area contributed by atoms with E-state index in [0.717, 1.165) is 17.5 Å². The first-order valence-corrected chi connectivity index (χ1v) is 10.5. The van der Waals surface area contributed by atoms with Gasteiger partial charge in [0, 0.05) is 25.5 Å². The van der Waals surface area contributed by atoms with Crippen molar-refractivity contribution in [3.05, 3.63) is 93.9 Å². The highest BCUT2D eigenvalue weighted by Gasteiger charge is 2.21. The molecule has 0 amide bonds. The Kier molecular flexibility index (Phi) is 6.99. The third-order valence-corrected chi connectivity index (χ3v) is 4.63. The number of nitrogens with zero attached hydrogens (tertiary/aromatic N) is 4. The second-order valence-corrected chi connectivity index (χ2v) is 8.28. The lowest BCUT2D eigenvalue weighted by atomic mass is 9.96. The zero-order valence-electron chi connectivity index (χ0n) is 16.7. The fourth-order valence-electron chi connectivity index (χ4n) is 2.66. The number of hydrogen-bond donors (Lipinski definition) is 1. The molecule has 0 spiro atoms. The van der Waals surface area contributed by atoms with Crippen LogP contribution in [0.4, 0.5) is 11.4 Å². The Balaban J connectivity index is 2.56. The smallest absolute Gasteiger partial charge is 0.378 e. The Bertz CT molecular complexity index is 1200. The van der Waals surface area contributed by atoms with Gasteiger partial charge in [0.05, 0.1) is 23.5 Å². The molecule has 0 atom stereocenters. The number of sulfonamides is 1. The molecule has 0 aliphatic rings. The summed E-state index contributed by atoms with van der Waals surface area (Å²) in [5, 5.41) is 9.75. The molecule has 0 saturated heterocycles. The molecular formula is C22H19N5O2S. The Labute approximate surface area is 176 Å². The zero-order valence-corrected chi connectivity index (χ0v) is 17.5. The summed E-state index contributed by atoms with van der Waals surface area (Å²) in [4.78, 5) is 8.51. The van der Waals surface area contributed by atoms with Crippen molar-refractivity contribution in [2.24, 2.45) is 0 Å². The third kappa shape index (κ3) is 5.72. The molecule has 0 saturated carbocycles. The van der Waals surface area contributed by atoms with Crippen LogP contribution in [-0.4, -0.2) is 28.8 Å². The van der Waals surface area contributed by atoms with Crippen molar-refractivity contribution in [1.82, 2.24) is 0 Å².